The molecule has 0 spiro atoms. The number of aromatic nitrogens is 1. The van der Waals surface area contributed by atoms with Crippen molar-refractivity contribution in [3.05, 3.63) is 106 Å². The van der Waals surface area contributed by atoms with Crippen molar-refractivity contribution in [2.24, 2.45) is 5.92 Å². The predicted molar refractivity (Wildman–Crippen MR) is 126 cm³/mol. The molecule has 0 N–H and O–H groups in total. The van der Waals surface area contributed by atoms with Crippen LogP contribution in [0.15, 0.2) is 78.4 Å². The van der Waals surface area contributed by atoms with Crippen LogP contribution in [0.4, 0.5) is 0 Å². The van der Waals surface area contributed by atoms with Crippen LogP contribution < -0.4 is 0 Å². The van der Waals surface area contributed by atoms with Crippen LogP contribution in [0, 0.1) is 12.8 Å². The van der Waals surface area contributed by atoms with E-state index < -0.39 is 0 Å². The van der Waals surface area contributed by atoms with Gasteiger partial charge in [0.15, 0.2) is 5.78 Å². The smallest absolute Gasteiger partial charge is 0.202 e. The van der Waals surface area contributed by atoms with Gasteiger partial charge >= 0.3 is 0 Å². The summed E-state index contributed by atoms with van der Waals surface area (Å²) in [4.78, 5) is 31.2. The van der Waals surface area contributed by atoms with Gasteiger partial charge in [-0.1, -0.05) is 66.2 Å². The van der Waals surface area contributed by atoms with Crippen LogP contribution in [-0.2, 0) is 22.4 Å². The largest absolute Gasteiger partial charge is 0.291 e. The average molecular weight is 422 g/mol. The fourth-order valence-electron chi connectivity index (χ4n) is 5.39. The van der Waals surface area contributed by atoms with Crippen LogP contribution in [0.2, 0.25) is 0 Å². The van der Waals surface area contributed by atoms with E-state index in [9.17, 15) is 9.59 Å². The Morgan fingerprint density at radius 2 is 1.72 bits per heavy atom. The normalized spacial score (nSPS) is 19.4. The number of ketones is 2. The third-order valence-electron chi connectivity index (χ3n) is 6.92. The SMILES string of the molecule is Cc1cccc([C@H]2C3=C(CCC2C(=O)C(=O)CCc2ccccc2)c2ccccc2C3)n1. The predicted octanol–water partition coefficient (Wildman–Crippen LogP) is 5.66. The number of nitrogens with zero attached hydrogens (tertiary/aromatic N) is 1. The molecule has 3 heteroatoms. The van der Waals surface area contributed by atoms with Crippen LogP contribution in [0.1, 0.15) is 53.3 Å². The number of carbonyl (C=O) groups excluding carboxylic acids is 2. The average Bonchev–Trinajstić information content (AvgIpc) is 3.21. The summed E-state index contributed by atoms with van der Waals surface area (Å²) >= 11 is 0. The molecule has 3 nitrogen and oxygen atoms in total. The van der Waals surface area contributed by atoms with Crippen molar-refractivity contribution >= 4 is 17.1 Å². The van der Waals surface area contributed by atoms with Gasteiger partial charge in [0.25, 0.3) is 0 Å². The lowest BCUT2D eigenvalue weighted by Crippen LogP contribution is -2.33. The molecule has 0 saturated carbocycles. The Balaban J connectivity index is 1.45. The summed E-state index contributed by atoms with van der Waals surface area (Å²) < 4.78 is 0. The minimum absolute atomic E-state index is 0.126. The maximum Gasteiger partial charge on any atom is 0.202 e. The molecule has 0 saturated heterocycles. The lowest BCUT2D eigenvalue weighted by molar-refractivity contribution is -0.139. The van der Waals surface area contributed by atoms with Crippen molar-refractivity contribution in [1.82, 2.24) is 4.98 Å². The molecule has 5 rings (SSSR count). The number of allylic oxidation sites excluding steroid dienone is 2. The minimum atomic E-state index is -0.333. The number of carbonyl (C=O) groups is 2. The second kappa shape index (κ2) is 8.66. The fraction of sp³-hybridized carbons (Fsp3) is 0.276. The Morgan fingerprint density at radius 1 is 0.938 bits per heavy atom. The summed E-state index contributed by atoms with van der Waals surface area (Å²) in [6, 6.07) is 24.4. The Kier molecular flexibility index (Phi) is 5.57. The van der Waals surface area contributed by atoms with E-state index in [0.29, 0.717) is 12.8 Å². The van der Waals surface area contributed by atoms with E-state index in [1.54, 1.807) is 0 Å². The third kappa shape index (κ3) is 3.84. The van der Waals surface area contributed by atoms with Crippen LogP contribution in [-0.4, -0.2) is 16.6 Å². The van der Waals surface area contributed by atoms with Gasteiger partial charge in [-0.2, -0.15) is 0 Å². The van der Waals surface area contributed by atoms with Crippen molar-refractivity contribution < 1.29 is 9.59 Å². The van der Waals surface area contributed by atoms with E-state index in [-0.39, 0.29) is 29.8 Å². The number of benzene rings is 2. The number of fused-ring (bicyclic) bond motifs is 2. The highest BCUT2D eigenvalue weighted by molar-refractivity contribution is 6.38. The van der Waals surface area contributed by atoms with Gasteiger partial charge in [-0.3, -0.25) is 14.6 Å². The molecule has 1 heterocycles. The zero-order valence-electron chi connectivity index (χ0n) is 18.4. The Hall–Kier alpha value is -3.33. The molecule has 32 heavy (non-hydrogen) atoms. The number of hydrogen-bond acceptors (Lipinski definition) is 3. The second-order valence-corrected chi connectivity index (χ2v) is 8.94. The molecular formula is C29H27NO2. The third-order valence-corrected chi connectivity index (χ3v) is 6.92. The Labute approximate surface area is 189 Å². The van der Waals surface area contributed by atoms with Gasteiger partial charge in [0.05, 0.1) is 0 Å². The molecule has 2 atom stereocenters. The molecular weight excluding hydrogens is 394 g/mol. The lowest BCUT2D eigenvalue weighted by Gasteiger charge is -2.32. The van der Waals surface area contributed by atoms with Crippen LogP contribution in [0.5, 0.6) is 0 Å². The van der Waals surface area contributed by atoms with E-state index in [1.165, 1.54) is 22.3 Å². The lowest BCUT2D eigenvalue weighted by atomic mass is 9.70. The zero-order chi connectivity index (χ0) is 22.1. The summed E-state index contributed by atoms with van der Waals surface area (Å²) in [6.07, 6.45) is 3.25. The van der Waals surface area contributed by atoms with Gasteiger partial charge in [0.1, 0.15) is 0 Å². The Bertz CT molecular complexity index is 1210. The highest BCUT2D eigenvalue weighted by atomic mass is 16.2. The standard InChI is InChI=1S/C29H27NO2/c1-19-8-7-13-26(30-19)28-24(29(32)27(31)17-14-20-9-3-2-4-10-20)16-15-23-22-12-6-5-11-21(22)18-25(23)28/h2-13,24,28H,14-18H2,1H3/t24?,28-/m1/s1. The van der Waals surface area contributed by atoms with E-state index in [2.05, 4.69) is 24.3 Å². The summed E-state index contributed by atoms with van der Waals surface area (Å²) in [5.74, 6) is -0.937. The van der Waals surface area contributed by atoms with Crippen molar-refractivity contribution in [2.75, 3.05) is 0 Å². The highest BCUT2D eigenvalue weighted by Crippen LogP contribution is 2.50. The first-order valence-corrected chi connectivity index (χ1v) is 11.5. The molecule has 3 aromatic rings. The maximum atomic E-state index is 13.4. The van der Waals surface area contributed by atoms with Gasteiger partial charge in [-0.25, -0.2) is 0 Å². The molecule has 1 unspecified atom stereocenters. The molecule has 2 aliphatic carbocycles. The zero-order valence-corrected chi connectivity index (χ0v) is 18.4. The number of rotatable bonds is 6. The quantitative estimate of drug-likeness (QED) is 0.482. The minimum Gasteiger partial charge on any atom is -0.291 e. The topological polar surface area (TPSA) is 47.0 Å². The van der Waals surface area contributed by atoms with Crippen molar-refractivity contribution in [2.45, 2.75) is 44.9 Å². The van der Waals surface area contributed by atoms with Crippen LogP contribution >= 0.6 is 0 Å². The summed E-state index contributed by atoms with van der Waals surface area (Å²) in [5.41, 5.74) is 8.21. The van der Waals surface area contributed by atoms with Gasteiger partial charge < -0.3 is 0 Å². The first-order valence-electron chi connectivity index (χ1n) is 11.5. The van der Waals surface area contributed by atoms with E-state index in [4.69, 9.17) is 4.98 Å². The van der Waals surface area contributed by atoms with E-state index in [1.807, 2.05) is 55.5 Å². The van der Waals surface area contributed by atoms with Crippen molar-refractivity contribution in [1.29, 1.82) is 0 Å². The molecule has 0 amide bonds. The van der Waals surface area contributed by atoms with Gasteiger partial charge in [-0.05, 0) is 67.0 Å². The van der Waals surface area contributed by atoms with Crippen LogP contribution in [0.3, 0.4) is 0 Å². The summed E-state index contributed by atoms with van der Waals surface area (Å²) in [7, 11) is 0. The summed E-state index contributed by atoms with van der Waals surface area (Å²) in [5, 5.41) is 0. The van der Waals surface area contributed by atoms with Crippen molar-refractivity contribution in [3.8, 4) is 0 Å². The molecule has 0 bridgehead atoms. The molecule has 0 aliphatic heterocycles. The molecule has 0 fully saturated rings. The van der Waals surface area contributed by atoms with Crippen LogP contribution in [0.25, 0.3) is 5.57 Å². The molecule has 2 aliphatic rings. The van der Waals surface area contributed by atoms with Crippen molar-refractivity contribution in [3.63, 3.8) is 0 Å². The Morgan fingerprint density at radius 3 is 2.53 bits per heavy atom. The number of pyridine rings is 1. The van der Waals surface area contributed by atoms with Gasteiger partial charge in [0.2, 0.25) is 5.78 Å². The highest BCUT2D eigenvalue weighted by Gasteiger charge is 2.42. The molecule has 0 radical (unpaired) electrons. The van der Waals surface area contributed by atoms with E-state index in [0.717, 1.165) is 29.8 Å². The molecule has 1 aromatic heterocycles. The van der Waals surface area contributed by atoms with Gasteiger partial charge in [0, 0.05) is 29.6 Å². The summed E-state index contributed by atoms with van der Waals surface area (Å²) in [6.45, 7) is 1.98. The first kappa shape index (κ1) is 20.6. The fourth-order valence-corrected chi connectivity index (χ4v) is 5.39. The number of Topliss-reactive ketones (excluding diaryl/α,β-unsaturated/α-hetero) is 2. The first-order chi connectivity index (χ1) is 15.6. The monoisotopic (exact) mass is 421 g/mol. The maximum absolute atomic E-state index is 13.4. The van der Waals surface area contributed by atoms with E-state index >= 15 is 0 Å². The number of hydrogen-bond donors (Lipinski definition) is 0. The molecule has 2 aromatic carbocycles. The second-order valence-electron chi connectivity index (χ2n) is 8.94. The van der Waals surface area contributed by atoms with Gasteiger partial charge in [-0.15, -0.1) is 0 Å². The molecule has 160 valence electrons. The number of aryl methyl sites for hydroxylation is 2.